The van der Waals surface area contributed by atoms with E-state index < -0.39 is 17.4 Å². The molecule has 0 spiro atoms. The van der Waals surface area contributed by atoms with Crippen LogP contribution < -0.4 is 10.9 Å². The molecule has 8 nitrogen and oxygen atoms in total. The fourth-order valence-corrected chi connectivity index (χ4v) is 2.90. The summed E-state index contributed by atoms with van der Waals surface area (Å²) in [6.45, 7) is -0.451. The first-order chi connectivity index (χ1) is 14.1. The molecule has 29 heavy (non-hydrogen) atoms. The van der Waals surface area contributed by atoms with Gasteiger partial charge in [0, 0.05) is 5.39 Å². The predicted molar refractivity (Wildman–Crippen MR) is 105 cm³/mol. The van der Waals surface area contributed by atoms with E-state index in [1.54, 1.807) is 12.1 Å². The van der Waals surface area contributed by atoms with Crippen molar-refractivity contribution >= 4 is 33.9 Å². The first-order valence-corrected chi connectivity index (χ1v) is 8.95. The fraction of sp³-hybridized carbons (Fsp3) is 0.143. The number of carbonyl (C=O) groups excluding carboxylic acids is 2. The van der Waals surface area contributed by atoms with Crippen LogP contribution in [0.4, 0.5) is 0 Å². The van der Waals surface area contributed by atoms with Gasteiger partial charge in [0.15, 0.2) is 0 Å². The van der Waals surface area contributed by atoms with Crippen LogP contribution in [0.2, 0.25) is 0 Å². The van der Waals surface area contributed by atoms with E-state index in [2.05, 4.69) is 10.3 Å². The Morgan fingerprint density at radius 2 is 1.83 bits per heavy atom. The maximum atomic E-state index is 12.6. The van der Waals surface area contributed by atoms with E-state index in [0.29, 0.717) is 11.1 Å². The van der Waals surface area contributed by atoms with Gasteiger partial charge >= 0.3 is 5.97 Å². The van der Waals surface area contributed by atoms with Gasteiger partial charge in [0.2, 0.25) is 11.5 Å². The third-order valence-corrected chi connectivity index (χ3v) is 4.34. The van der Waals surface area contributed by atoms with Crippen LogP contribution >= 0.6 is 0 Å². The lowest BCUT2D eigenvalue weighted by Crippen LogP contribution is -2.35. The standard InChI is InChI=1S/C21H17N3O5/c25-17(22-10-18(26)28-12-14-6-2-1-3-7-14)11-24-13-23-19-15-8-4-5-9-16(15)29-20(19)21(24)27/h1-9,13H,10-12H2,(H,22,25). The molecule has 1 N–H and O–H groups in total. The molecule has 2 aromatic carbocycles. The van der Waals surface area contributed by atoms with Gasteiger partial charge in [-0.25, -0.2) is 4.98 Å². The normalized spacial score (nSPS) is 10.9. The Kier molecular flexibility index (Phi) is 5.07. The van der Waals surface area contributed by atoms with Crippen LogP contribution in [0.15, 0.2) is 70.1 Å². The van der Waals surface area contributed by atoms with Gasteiger partial charge in [-0.05, 0) is 17.7 Å². The molecule has 146 valence electrons. The van der Waals surface area contributed by atoms with Gasteiger partial charge in [0.1, 0.15) is 30.8 Å². The number of fused-ring (bicyclic) bond motifs is 3. The highest BCUT2D eigenvalue weighted by molar-refractivity contribution is 6.01. The first kappa shape index (κ1) is 18.4. The number of esters is 1. The van der Waals surface area contributed by atoms with Crippen molar-refractivity contribution in [2.75, 3.05) is 6.54 Å². The summed E-state index contributed by atoms with van der Waals surface area (Å²) < 4.78 is 11.8. The van der Waals surface area contributed by atoms with Crippen molar-refractivity contribution in [2.24, 2.45) is 0 Å². The molecule has 1 amide bonds. The predicted octanol–water partition coefficient (Wildman–Crippen LogP) is 2.00. The van der Waals surface area contributed by atoms with Crippen molar-refractivity contribution in [2.45, 2.75) is 13.2 Å². The summed E-state index contributed by atoms with van der Waals surface area (Å²) in [6.07, 6.45) is 1.29. The minimum absolute atomic E-state index is 0.0868. The summed E-state index contributed by atoms with van der Waals surface area (Å²) in [5, 5.41) is 3.17. The molecule has 2 heterocycles. The van der Waals surface area contributed by atoms with E-state index in [0.717, 1.165) is 15.5 Å². The summed E-state index contributed by atoms with van der Waals surface area (Å²) in [5.41, 5.74) is 1.47. The van der Waals surface area contributed by atoms with Crippen molar-refractivity contribution in [3.8, 4) is 0 Å². The molecule has 0 aliphatic rings. The van der Waals surface area contributed by atoms with Gasteiger partial charge in [-0.1, -0.05) is 42.5 Å². The second-order valence-corrected chi connectivity index (χ2v) is 6.38. The van der Waals surface area contributed by atoms with Gasteiger partial charge in [0.25, 0.3) is 5.56 Å². The third-order valence-electron chi connectivity index (χ3n) is 4.34. The minimum Gasteiger partial charge on any atom is -0.460 e. The van der Waals surface area contributed by atoms with E-state index in [4.69, 9.17) is 9.15 Å². The molecule has 0 fully saturated rings. The molecule has 0 aliphatic heterocycles. The summed E-state index contributed by atoms with van der Waals surface area (Å²) in [7, 11) is 0. The smallest absolute Gasteiger partial charge is 0.325 e. The zero-order valence-corrected chi connectivity index (χ0v) is 15.3. The summed E-state index contributed by atoms with van der Waals surface area (Å²) >= 11 is 0. The molecule has 0 unspecified atom stereocenters. The number of hydrogen-bond acceptors (Lipinski definition) is 6. The quantitative estimate of drug-likeness (QED) is 0.504. The lowest BCUT2D eigenvalue weighted by molar-refractivity contribution is -0.145. The van der Waals surface area contributed by atoms with Crippen LogP contribution in [-0.4, -0.2) is 28.0 Å². The zero-order chi connectivity index (χ0) is 20.2. The highest BCUT2D eigenvalue weighted by atomic mass is 16.5. The van der Waals surface area contributed by atoms with Crippen LogP contribution in [0.3, 0.4) is 0 Å². The van der Waals surface area contributed by atoms with E-state index in [-0.39, 0.29) is 25.3 Å². The molecule has 0 atom stereocenters. The van der Waals surface area contributed by atoms with Crippen molar-refractivity contribution in [1.29, 1.82) is 0 Å². The zero-order valence-electron chi connectivity index (χ0n) is 15.3. The van der Waals surface area contributed by atoms with Crippen LogP contribution in [0, 0.1) is 0 Å². The number of nitrogens with zero attached hydrogens (tertiary/aromatic N) is 2. The van der Waals surface area contributed by atoms with E-state index in [1.807, 2.05) is 42.5 Å². The van der Waals surface area contributed by atoms with E-state index in [9.17, 15) is 14.4 Å². The number of rotatable bonds is 6. The second-order valence-electron chi connectivity index (χ2n) is 6.38. The summed E-state index contributed by atoms with van der Waals surface area (Å²) in [5.74, 6) is -1.08. The SMILES string of the molecule is O=C(Cn1cnc2c(oc3ccccc32)c1=O)NCC(=O)OCc1ccccc1. The number of amides is 1. The molecule has 0 saturated carbocycles. The largest absolute Gasteiger partial charge is 0.460 e. The van der Waals surface area contributed by atoms with Gasteiger partial charge in [-0.3, -0.25) is 19.0 Å². The Bertz CT molecular complexity index is 1240. The fourth-order valence-electron chi connectivity index (χ4n) is 2.90. The topological polar surface area (TPSA) is 103 Å². The van der Waals surface area contributed by atoms with Crippen molar-refractivity contribution < 1.29 is 18.7 Å². The lowest BCUT2D eigenvalue weighted by atomic mass is 10.2. The van der Waals surface area contributed by atoms with Crippen molar-refractivity contribution in [3.63, 3.8) is 0 Å². The second kappa shape index (κ2) is 7.97. The molecule has 0 radical (unpaired) electrons. The maximum Gasteiger partial charge on any atom is 0.325 e. The third kappa shape index (κ3) is 4.01. The minimum atomic E-state index is -0.569. The highest BCUT2D eigenvalue weighted by Crippen LogP contribution is 2.23. The molecule has 0 bridgehead atoms. The monoisotopic (exact) mass is 391 g/mol. The lowest BCUT2D eigenvalue weighted by Gasteiger charge is -2.07. The Morgan fingerprint density at radius 1 is 1.07 bits per heavy atom. The van der Waals surface area contributed by atoms with Crippen LogP contribution in [0.25, 0.3) is 22.1 Å². The van der Waals surface area contributed by atoms with Crippen molar-refractivity contribution in [1.82, 2.24) is 14.9 Å². The number of benzene rings is 2. The van der Waals surface area contributed by atoms with Gasteiger partial charge in [0.05, 0.1) is 6.33 Å². The molecule has 4 aromatic rings. The Balaban J connectivity index is 1.37. The molecule has 0 saturated heterocycles. The number of hydrogen-bond donors (Lipinski definition) is 1. The Hall–Kier alpha value is -3.94. The van der Waals surface area contributed by atoms with Crippen LogP contribution in [-0.2, 0) is 27.5 Å². The molecule has 8 heteroatoms. The highest BCUT2D eigenvalue weighted by Gasteiger charge is 2.15. The first-order valence-electron chi connectivity index (χ1n) is 8.95. The average Bonchev–Trinajstić information content (AvgIpc) is 3.13. The summed E-state index contributed by atoms with van der Waals surface area (Å²) in [6, 6.07) is 16.4. The molecular formula is C21H17N3O5. The van der Waals surface area contributed by atoms with Gasteiger partial charge < -0.3 is 14.5 Å². The molecule has 0 aliphatic carbocycles. The van der Waals surface area contributed by atoms with Gasteiger partial charge in [-0.2, -0.15) is 0 Å². The number of aromatic nitrogens is 2. The Morgan fingerprint density at radius 3 is 2.66 bits per heavy atom. The maximum absolute atomic E-state index is 12.6. The van der Waals surface area contributed by atoms with Crippen LogP contribution in [0.1, 0.15) is 5.56 Å². The van der Waals surface area contributed by atoms with E-state index >= 15 is 0 Å². The molecule has 4 rings (SSSR count). The number of furan rings is 1. The Labute approximate surface area is 164 Å². The number of nitrogens with one attached hydrogen (secondary N) is 1. The number of ether oxygens (including phenoxy) is 1. The molecular weight excluding hydrogens is 374 g/mol. The van der Waals surface area contributed by atoms with Crippen molar-refractivity contribution in [3.05, 3.63) is 76.8 Å². The summed E-state index contributed by atoms with van der Waals surface area (Å²) in [4.78, 5) is 40.7. The van der Waals surface area contributed by atoms with Crippen LogP contribution in [0.5, 0.6) is 0 Å². The van der Waals surface area contributed by atoms with E-state index in [1.165, 1.54) is 6.33 Å². The number of carbonyl (C=O) groups is 2. The molecule has 2 aromatic heterocycles. The average molecular weight is 391 g/mol. The van der Waals surface area contributed by atoms with Gasteiger partial charge in [-0.15, -0.1) is 0 Å². The number of para-hydroxylation sites is 1.